The van der Waals surface area contributed by atoms with E-state index in [0.717, 1.165) is 11.4 Å². The standard InChI is InChI=1S/C9H12N2/c1-7-5-4-6-8(10-2)9(7)11-3/h4-6H,1-3H3. The second-order valence-corrected chi connectivity index (χ2v) is 2.39. The molecule has 0 heterocycles. The topological polar surface area (TPSA) is 24.7 Å². The zero-order chi connectivity index (χ0) is 8.27. The number of nitrogens with zero attached hydrogens (tertiary/aromatic N) is 2. The lowest BCUT2D eigenvalue weighted by atomic mass is 10.0. The molecule has 0 atom stereocenters. The van der Waals surface area contributed by atoms with Crippen LogP contribution in [0.3, 0.4) is 0 Å². The average molecular weight is 148 g/mol. The van der Waals surface area contributed by atoms with E-state index in [2.05, 4.69) is 9.98 Å². The van der Waals surface area contributed by atoms with E-state index in [-0.39, 0.29) is 0 Å². The fraction of sp³-hybridized carbons (Fsp3) is 0.333. The molecule has 1 aliphatic rings. The van der Waals surface area contributed by atoms with Crippen LogP contribution >= 0.6 is 0 Å². The van der Waals surface area contributed by atoms with Crippen LogP contribution in [-0.2, 0) is 0 Å². The van der Waals surface area contributed by atoms with Crippen molar-refractivity contribution in [2.45, 2.75) is 6.92 Å². The van der Waals surface area contributed by atoms with Crippen LogP contribution < -0.4 is 0 Å². The van der Waals surface area contributed by atoms with Gasteiger partial charge in [-0.15, -0.1) is 0 Å². The third kappa shape index (κ3) is 1.45. The molecule has 0 saturated carbocycles. The Morgan fingerprint density at radius 3 is 2.36 bits per heavy atom. The normalized spacial score (nSPS) is 24.5. The van der Waals surface area contributed by atoms with Gasteiger partial charge in [-0.1, -0.05) is 12.2 Å². The van der Waals surface area contributed by atoms with Crippen molar-refractivity contribution < 1.29 is 0 Å². The van der Waals surface area contributed by atoms with Crippen molar-refractivity contribution in [1.82, 2.24) is 0 Å². The lowest BCUT2D eigenvalue weighted by molar-refractivity contribution is 1.39. The van der Waals surface area contributed by atoms with Gasteiger partial charge in [-0.25, -0.2) is 0 Å². The summed E-state index contributed by atoms with van der Waals surface area (Å²) >= 11 is 0. The van der Waals surface area contributed by atoms with Gasteiger partial charge < -0.3 is 0 Å². The van der Waals surface area contributed by atoms with E-state index in [4.69, 9.17) is 0 Å². The first-order valence-electron chi connectivity index (χ1n) is 3.59. The predicted octanol–water partition coefficient (Wildman–Crippen LogP) is 1.64. The maximum absolute atomic E-state index is 4.15. The van der Waals surface area contributed by atoms with Crippen LogP contribution in [0, 0.1) is 0 Å². The van der Waals surface area contributed by atoms with Gasteiger partial charge in [0.05, 0.1) is 11.4 Å². The van der Waals surface area contributed by atoms with Crippen LogP contribution in [0.5, 0.6) is 0 Å². The van der Waals surface area contributed by atoms with Gasteiger partial charge in [0, 0.05) is 14.1 Å². The smallest absolute Gasteiger partial charge is 0.0851 e. The summed E-state index contributed by atoms with van der Waals surface area (Å²) in [7, 11) is 3.57. The zero-order valence-corrected chi connectivity index (χ0v) is 7.13. The molecule has 58 valence electrons. The van der Waals surface area contributed by atoms with Crippen molar-refractivity contribution >= 4 is 11.4 Å². The molecule has 1 aliphatic carbocycles. The number of aliphatic imine (C=N–C) groups is 2. The first-order valence-corrected chi connectivity index (χ1v) is 3.59. The van der Waals surface area contributed by atoms with E-state index in [1.165, 1.54) is 5.57 Å². The van der Waals surface area contributed by atoms with Crippen molar-refractivity contribution in [3.63, 3.8) is 0 Å². The first-order chi connectivity index (χ1) is 5.29. The first kappa shape index (κ1) is 7.92. The zero-order valence-electron chi connectivity index (χ0n) is 7.13. The Hall–Kier alpha value is -1.18. The highest BCUT2D eigenvalue weighted by Gasteiger charge is 2.08. The van der Waals surface area contributed by atoms with Gasteiger partial charge in [-0.2, -0.15) is 0 Å². The molecule has 11 heavy (non-hydrogen) atoms. The molecule has 0 fully saturated rings. The number of hydrogen-bond donors (Lipinski definition) is 0. The molecule has 1 rings (SSSR count). The molecule has 0 radical (unpaired) electrons. The summed E-state index contributed by atoms with van der Waals surface area (Å²) in [4.78, 5) is 8.26. The maximum atomic E-state index is 4.15. The van der Waals surface area contributed by atoms with Gasteiger partial charge in [0.2, 0.25) is 0 Å². The van der Waals surface area contributed by atoms with Gasteiger partial charge >= 0.3 is 0 Å². The summed E-state index contributed by atoms with van der Waals surface area (Å²) in [5.41, 5.74) is 3.14. The van der Waals surface area contributed by atoms with Crippen molar-refractivity contribution in [1.29, 1.82) is 0 Å². The highest BCUT2D eigenvalue weighted by Crippen LogP contribution is 2.06. The Kier molecular flexibility index (Phi) is 2.36. The van der Waals surface area contributed by atoms with Gasteiger partial charge in [-0.3, -0.25) is 9.98 Å². The number of hydrogen-bond acceptors (Lipinski definition) is 2. The van der Waals surface area contributed by atoms with Gasteiger partial charge in [0.15, 0.2) is 0 Å². The van der Waals surface area contributed by atoms with Crippen LogP contribution in [0.1, 0.15) is 6.92 Å². The molecular weight excluding hydrogens is 136 g/mol. The fourth-order valence-electron chi connectivity index (χ4n) is 1.11. The molecule has 0 aromatic heterocycles. The maximum Gasteiger partial charge on any atom is 0.0851 e. The van der Waals surface area contributed by atoms with Crippen LogP contribution in [0.2, 0.25) is 0 Å². The predicted molar refractivity (Wildman–Crippen MR) is 49.6 cm³/mol. The monoisotopic (exact) mass is 148 g/mol. The summed E-state index contributed by atoms with van der Waals surface area (Å²) in [5, 5.41) is 0. The minimum Gasteiger partial charge on any atom is -0.286 e. The third-order valence-electron chi connectivity index (χ3n) is 1.68. The molecular formula is C9H12N2. The highest BCUT2D eigenvalue weighted by atomic mass is 14.8. The molecule has 0 saturated heterocycles. The van der Waals surface area contributed by atoms with Gasteiger partial charge in [0.25, 0.3) is 0 Å². The Morgan fingerprint density at radius 1 is 1.18 bits per heavy atom. The molecule has 0 unspecified atom stereocenters. The molecule has 0 amide bonds. The largest absolute Gasteiger partial charge is 0.286 e. The molecule has 0 bridgehead atoms. The van der Waals surface area contributed by atoms with Gasteiger partial charge in [-0.05, 0) is 18.6 Å². The van der Waals surface area contributed by atoms with Crippen LogP contribution in [0.15, 0.2) is 33.8 Å². The second-order valence-electron chi connectivity index (χ2n) is 2.39. The van der Waals surface area contributed by atoms with E-state index in [1.54, 1.807) is 14.1 Å². The summed E-state index contributed by atoms with van der Waals surface area (Å²) in [6.07, 6.45) is 6.00. The summed E-state index contributed by atoms with van der Waals surface area (Å²) in [6.45, 7) is 2.04. The SMILES string of the molecule is CN=C1C=CC=C(C)C1=NC. The van der Waals surface area contributed by atoms with E-state index >= 15 is 0 Å². The quantitative estimate of drug-likeness (QED) is 0.467. The minimum absolute atomic E-state index is 0.965. The Labute approximate surface area is 67.1 Å². The molecule has 2 heteroatoms. The van der Waals surface area contributed by atoms with Crippen molar-refractivity contribution in [2.24, 2.45) is 9.98 Å². The molecule has 0 aliphatic heterocycles. The molecule has 0 N–H and O–H groups in total. The third-order valence-corrected chi connectivity index (χ3v) is 1.68. The lowest BCUT2D eigenvalue weighted by Gasteiger charge is -2.08. The van der Waals surface area contributed by atoms with Crippen molar-refractivity contribution in [3.8, 4) is 0 Å². The molecule has 0 aromatic carbocycles. The number of rotatable bonds is 0. The van der Waals surface area contributed by atoms with E-state index < -0.39 is 0 Å². The second kappa shape index (κ2) is 3.28. The minimum atomic E-state index is 0.965. The summed E-state index contributed by atoms with van der Waals surface area (Å²) in [5.74, 6) is 0. The van der Waals surface area contributed by atoms with Crippen LogP contribution in [-0.4, -0.2) is 25.5 Å². The average Bonchev–Trinajstić information content (AvgIpc) is 2.04. The van der Waals surface area contributed by atoms with E-state index in [1.807, 2.05) is 25.2 Å². The van der Waals surface area contributed by atoms with Crippen LogP contribution in [0.4, 0.5) is 0 Å². The van der Waals surface area contributed by atoms with Crippen LogP contribution in [0.25, 0.3) is 0 Å². The Morgan fingerprint density at radius 2 is 1.91 bits per heavy atom. The fourth-order valence-corrected chi connectivity index (χ4v) is 1.11. The summed E-state index contributed by atoms with van der Waals surface area (Å²) < 4.78 is 0. The van der Waals surface area contributed by atoms with Crippen molar-refractivity contribution in [3.05, 3.63) is 23.8 Å². The highest BCUT2D eigenvalue weighted by molar-refractivity contribution is 6.52. The molecule has 0 aromatic rings. The van der Waals surface area contributed by atoms with Crippen molar-refractivity contribution in [2.75, 3.05) is 14.1 Å². The molecule has 0 spiro atoms. The Balaban J connectivity index is 3.08. The number of allylic oxidation sites excluding steroid dienone is 4. The van der Waals surface area contributed by atoms with E-state index in [9.17, 15) is 0 Å². The lowest BCUT2D eigenvalue weighted by Crippen LogP contribution is -2.15. The van der Waals surface area contributed by atoms with E-state index in [0.29, 0.717) is 0 Å². The summed E-state index contributed by atoms with van der Waals surface area (Å²) in [6, 6.07) is 0. The Bertz CT molecular complexity index is 267. The molecule has 2 nitrogen and oxygen atoms in total. The van der Waals surface area contributed by atoms with Gasteiger partial charge in [0.1, 0.15) is 0 Å².